The van der Waals surface area contributed by atoms with E-state index in [1.165, 1.54) is 25.7 Å². The van der Waals surface area contributed by atoms with E-state index in [0.717, 1.165) is 44.9 Å². The fourth-order valence-electron chi connectivity index (χ4n) is 2.89. The predicted octanol–water partition coefficient (Wildman–Crippen LogP) is 3.53. The van der Waals surface area contributed by atoms with E-state index in [-0.39, 0.29) is 29.9 Å². The van der Waals surface area contributed by atoms with Crippen molar-refractivity contribution in [3.63, 3.8) is 0 Å². The molecule has 1 aliphatic heterocycles. The lowest BCUT2D eigenvalue weighted by molar-refractivity contribution is -0.129. The smallest absolute Gasteiger partial charge is 0.224 e. The second kappa shape index (κ2) is 14.8. The van der Waals surface area contributed by atoms with Gasteiger partial charge in [-0.05, 0) is 33.1 Å². The van der Waals surface area contributed by atoms with Crippen LogP contribution in [0, 0.1) is 0 Å². The summed E-state index contributed by atoms with van der Waals surface area (Å²) in [5, 5.41) is 6.72. The van der Waals surface area contributed by atoms with E-state index in [0.29, 0.717) is 19.0 Å². The maximum Gasteiger partial charge on any atom is 0.224 e. The Morgan fingerprint density at radius 2 is 1.88 bits per heavy atom. The topological polar surface area (TPSA) is 56.7 Å². The van der Waals surface area contributed by atoms with Crippen LogP contribution in [0.2, 0.25) is 0 Å². The highest BCUT2D eigenvalue weighted by Gasteiger charge is 2.17. The Labute approximate surface area is 165 Å². The van der Waals surface area contributed by atoms with Crippen molar-refractivity contribution in [3.8, 4) is 0 Å². The van der Waals surface area contributed by atoms with Crippen LogP contribution in [0.5, 0.6) is 0 Å². The number of halogens is 1. The number of unbranched alkanes of at least 4 members (excludes halogenated alkanes) is 3. The van der Waals surface area contributed by atoms with E-state index in [9.17, 15) is 4.79 Å². The van der Waals surface area contributed by atoms with Gasteiger partial charge in [0.05, 0.1) is 6.54 Å². The van der Waals surface area contributed by atoms with Gasteiger partial charge < -0.3 is 15.5 Å². The van der Waals surface area contributed by atoms with Crippen LogP contribution in [0.25, 0.3) is 0 Å². The third-order valence-corrected chi connectivity index (χ3v) is 4.27. The zero-order valence-electron chi connectivity index (χ0n) is 15.8. The lowest BCUT2D eigenvalue weighted by Crippen LogP contribution is -2.42. The molecule has 6 heteroatoms. The number of hydrogen-bond donors (Lipinski definition) is 2. The van der Waals surface area contributed by atoms with Gasteiger partial charge in [0.25, 0.3) is 0 Å². The van der Waals surface area contributed by atoms with Gasteiger partial charge in [0.1, 0.15) is 0 Å². The molecule has 0 aromatic heterocycles. The molecule has 0 aromatic carbocycles. The summed E-state index contributed by atoms with van der Waals surface area (Å²) in [4.78, 5) is 18.5. The molecule has 142 valence electrons. The fourth-order valence-corrected chi connectivity index (χ4v) is 2.89. The SMILES string of the molecule is CCCCCCC(C)NC(=NCCC(=O)N1CCCC1)NCC.I. The molecule has 2 N–H and O–H groups in total. The summed E-state index contributed by atoms with van der Waals surface area (Å²) >= 11 is 0. The van der Waals surface area contributed by atoms with Crippen molar-refractivity contribution in [2.75, 3.05) is 26.2 Å². The number of rotatable bonds is 10. The van der Waals surface area contributed by atoms with Gasteiger partial charge in [-0.25, -0.2) is 0 Å². The zero-order chi connectivity index (χ0) is 16.9. The largest absolute Gasteiger partial charge is 0.357 e. The van der Waals surface area contributed by atoms with Gasteiger partial charge in [-0.15, -0.1) is 24.0 Å². The number of carbonyl (C=O) groups excluding carboxylic acids is 1. The van der Waals surface area contributed by atoms with E-state index in [2.05, 4.69) is 36.4 Å². The minimum Gasteiger partial charge on any atom is -0.357 e. The first-order chi connectivity index (χ1) is 11.2. The number of aliphatic imine (C=N–C) groups is 1. The maximum atomic E-state index is 12.0. The van der Waals surface area contributed by atoms with Crippen LogP contribution < -0.4 is 10.6 Å². The number of guanidine groups is 1. The molecule has 1 fully saturated rings. The molecule has 0 aromatic rings. The first kappa shape index (κ1) is 23.5. The number of hydrogen-bond acceptors (Lipinski definition) is 2. The summed E-state index contributed by atoms with van der Waals surface area (Å²) < 4.78 is 0. The van der Waals surface area contributed by atoms with Crippen molar-refractivity contribution >= 4 is 35.8 Å². The highest BCUT2D eigenvalue weighted by atomic mass is 127. The summed E-state index contributed by atoms with van der Waals surface area (Å²) in [5.41, 5.74) is 0. The summed E-state index contributed by atoms with van der Waals surface area (Å²) in [6, 6.07) is 0.416. The van der Waals surface area contributed by atoms with Crippen LogP contribution in [-0.4, -0.2) is 49.0 Å². The predicted molar refractivity (Wildman–Crippen MR) is 113 cm³/mol. The Bertz CT molecular complexity index is 357. The molecule has 1 saturated heterocycles. The minimum atomic E-state index is 0. The molecule has 24 heavy (non-hydrogen) atoms. The number of likely N-dealkylation sites (tertiary alicyclic amines) is 1. The van der Waals surface area contributed by atoms with E-state index < -0.39 is 0 Å². The van der Waals surface area contributed by atoms with E-state index in [1.807, 2.05) is 4.90 Å². The number of nitrogens with one attached hydrogen (secondary N) is 2. The second-order valence-electron chi connectivity index (χ2n) is 6.49. The van der Waals surface area contributed by atoms with Gasteiger partial charge in [0.2, 0.25) is 5.91 Å². The van der Waals surface area contributed by atoms with Gasteiger partial charge in [-0.3, -0.25) is 9.79 Å². The third-order valence-electron chi connectivity index (χ3n) is 4.27. The Balaban J connectivity index is 0.00000529. The van der Waals surface area contributed by atoms with Crippen LogP contribution in [0.15, 0.2) is 4.99 Å². The van der Waals surface area contributed by atoms with E-state index >= 15 is 0 Å². The monoisotopic (exact) mass is 452 g/mol. The van der Waals surface area contributed by atoms with E-state index in [1.54, 1.807) is 0 Å². The summed E-state index contributed by atoms with van der Waals surface area (Å²) in [6.07, 6.45) is 9.13. The normalized spacial score (nSPS) is 15.8. The lowest BCUT2D eigenvalue weighted by Gasteiger charge is -2.18. The van der Waals surface area contributed by atoms with Gasteiger partial charge in [-0.2, -0.15) is 0 Å². The summed E-state index contributed by atoms with van der Waals surface area (Å²) in [5.74, 6) is 1.08. The van der Waals surface area contributed by atoms with Crippen molar-refractivity contribution in [2.45, 2.75) is 78.2 Å². The zero-order valence-corrected chi connectivity index (χ0v) is 18.1. The fraction of sp³-hybridized carbons (Fsp3) is 0.889. The molecule has 0 bridgehead atoms. The van der Waals surface area contributed by atoms with Gasteiger partial charge in [0, 0.05) is 32.1 Å². The summed E-state index contributed by atoms with van der Waals surface area (Å²) in [7, 11) is 0. The molecule has 0 spiro atoms. The highest BCUT2D eigenvalue weighted by molar-refractivity contribution is 14.0. The highest BCUT2D eigenvalue weighted by Crippen LogP contribution is 2.09. The lowest BCUT2D eigenvalue weighted by atomic mass is 10.1. The van der Waals surface area contributed by atoms with Crippen LogP contribution in [-0.2, 0) is 4.79 Å². The molecular formula is C18H37IN4O. The minimum absolute atomic E-state index is 0. The molecule has 1 atom stereocenters. The molecule has 1 unspecified atom stereocenters. The average molecular weight is 452 g/mol. The standard InChI is InChI=1S/C18H36N4O.HI/c1-4-6-7-8-11-16(3)21-18(19-5-2)20-13-12-17(23)22-14-9-10-15-22;/h16H,4-15H2,1-3H3,(H2,19,20,21);1H. The Kier molecular flexibility index (Phi) is 14.5. The van der Waals surface area contributed by atoms with Crippen molar-refractivity contribution in [3.05, 3.63) is 0 Å². The average Bonchev–Trinajstić information content (AvgIpc) is 3.06. The van der Waals surface area contributed by atoms with Crippen molar-refractivity contribution in [1.82, 2.24) is 15.5 Å². The molecule has 1 rings (SSSR count). The molecule has 0 saturated carbocycles. The van der Waals surface area contributed by atoms with Crippen LogP contribution in [0.1, 0.15) is 72.1 Å². The van der Waals surface area contributed by atoms with Gasteiger partial charge in [-0.1, -0.05) is 32.6 Å². The molecule has 1 heterocycles. The van der Waals surface area contributed by atoms with Gasteiger partial charge in [0.15, 0.2) is 5.96 Å². The molecular weight excluding hydrogens is 415 g/mol. The number of amides is 1. The summed E-state index contributed by atoms with van der Waals surface area (Å²) in [6.45, 7) is 9.76. The first-order valence-corrected chi connectivity index (χ1v) is 9.50. The van der Waals surface area contributed by atoms with Crippen molar-refractivity contribution in [2.24, 2.45) is 4.99 Å². The Morgan fingerprint density at radius 3 is 2.50 bits per heavy atom. The Morgan fingerprint density at radius 1 is 1.17 bits per heavy atom. The van der Waals surface area contributed by atoms with Crippen molar-refractivity contribution in [1.29, 1.82) is 0 Å². The third kappa shape index (κ3) is 10.4. The molecule has 0 aliphatic carbocycles. The number of carbonyl (C=O) groups is 1. The number of nitrogens with zero attached hydrogens (tertiary/aromatic N) is 2. The van der Waals surface area contributed by atoms with Crippen LogP contribution in [0.4, 0.5) is 0 Å². The quantitative estimate of drug-likeness (QED) is 0.231. The molecule has 1 amide bonds. The first-order valence-electron chi connectivity index (χ1n) is 9.50. The molecule has 5 nitrogen and oxygen atoms in total. The second-order valence-corrected chi connectivity index (χ2v) is 6.49. The molecule has 1 aliphatic rings. The Hall–Kier alpha value is -0.530. The van der Waals surface area contributed by atoms with E-state index in [4.69, 9.17) is 0 Å². The van der Waals surface area contributed by atoms with Crippen molar-refractivity contribution < 1.29 is 4.79 Å². The van der Waals surface area contributed by atoms with Crippen LogP contribution in [0.3, 0.4) is 0 Å². The maximum absolute atomic E-state index is 12.0. The van der Waals surface area contributed by atoms with Gasteiger partial charge >= 0.3 is 0 Å². The van der Waals surface area contributed by atoms with Crippen LogP contribution >= 0.6 is 24.0 Å². The molecule has 0 radical (unpaired) electrons.